The maximum absolute atomic E-state index is 5.53. The van der Waals surface area contributed by atoms with Crippen molar-refractivity contribution >= 4 is 11.6 Å². The van der Waals surface area contributed by atoms with Gasteiger partial charge in [0, 0.05) is 12.6 Å². The van der Waals surface area contributed by atoms with Crippen LogP contribution in [0.5, 0.6) is 0 Å². The summed E-state index contributed by atoms with van der Waals surface area (Å²) < 4.78 is 0. The molecule has 1 aromatic rings. The van der Waals surface area contributed by atoms with Crippen molar-refractivity contribution in [1.29, 1.82) is 0 Å². The van der Waals surface area contributed by atoms with Gasteiger partial charge in [-0.05, 0) is 18.8 Å². The molecule has 1 aromatic heterocycles. The quantitative estimate of drug-likeness (QED) is 0.814. The summed E-state index contributed by atoms with van der Waals surface area (Å²) >= 11 is 0. The zero-order valence-electron chi connectivity index (χ0n) is 9.35. The number of hydrogen-bond acceptors (Lipinski definition) is 4. The molecule has 4 nitrogen and oxygen atoms in total. The molecule has 0 aliphatic heterocycles. The first-order chi connectivity index (χ1) is 7.16. The molecule has 15 heavy (non-hydrogen) atoms. The monoisotopic (exact) mass is 206 g/mol. The molecule has 1 aliphatic rings. The van der Waals surface area contributed by atoms with E-state index in [4.69, 9.17) is 5.73 Å². The van der Waals surface area contributed by atoms with Crippen molar-refractivity contribution in [3.8, 4) is 0 Å². The average Bonchev–Trinajstić information content (AvgIpc) is 2.99. The molecular formula is C11H18N4. The van der Waals surface area contributed by atoms with E-state index in [1.165, 1.54) is 12.8 Å². The predicted molar refractivity (Wildman–Crippen MR) is 61.7 cm³/mol. The highest BCUT2D eigenvalue weighted by Crippen LogP contribution is 2.30. The van der Waals surface area contributed by atoms with Crippen molar-refractivity contribution in [3.63, 3.8) is 0 Å². The maximum atomic E-state index is 5.53. The smallest absolute Gasteiger partial charge is 0.147 e. The molecule has 82 valence electrons. The Balaban J connectivity index is 2.13. The Labute approximate surface area is 90.5 Å². The largest absolute Gasteiger partial charge is 0.382 e. The van der Waals surface area contributed by atoms with Crippen LogP contribution in [0.2, 0.25) is 0 Å². The van der Waals surface area contributed by atoms with Gasteiger partial charge >= 0.3 is 0 Å². The minimum Gasteiger partial charge on any atom is -0.382 e. The number of nitrogen functional groups attached to an aromatic ring is 1. The van der Waals surface area contributed by atoms with Crippen LogP contribution in [-0.4, -0.2) is 22.6 Å². The Morgan fingerprint density at radius 2 is 2.13 bits per heavy atom. The van der Waals surface area contributed by atoms with Crippen LogP contribution in [0.4, 0.5) is 11.6 Å². The van der Waals surface area contributed by atoms with Crippen LogP contribution in [0.15, 0.2) is 12.4 Å². The summed E-state index contributed by atoms with van der Waals surface area (Å²) in [6.07, 6.45) is 5.96. The fraction of sp³-hybridized carbons (Fsp3) is 0.636. The molecule has 1 heterocycles. The molecule has 0 atom stereocenters. The molecule has 2 rings (SSSR count). The van der Waals surface area contributed by atoms with Crippen molar-refractivity contribution in [2.24, 2.45) is 5.92 Å². The average molecular weight is 206 g/mol. The van der Waals surface area contributed by atoms with Crippen molar-refractivity contribution in [3.05, 3.63) is 12.4 Å². The van der Waals surface area contributed by atoms with Gasteiger partial charge in [0.25, 0.3) is 0 Å². The second kappa shape index (κ2) is 4.04. The van der Waals surface area contributed by atoms with Gasteiger partial charge in [-0.1, -0.05) is 13.8 Å². The van der Waals surface area contributed by atoms with Crippen molar-refractivity contribution in [2.75, 3.05) is 17.2 Å². The van der Waals surface area contributed by atoms with Crippen LogP contribution in [0.25, 0.3) is 0 Å². The zero-order valence-corrected chi connectivity index (χ0v) is 9.35. The van der Waals surface area contributed by atoms with Gasteiger partial charge in [-0.2, -0.15) is 0 Å². The van der Waals surface area contributed by atoms with E-state index in [2.05, 4.69) is 28.7 Å². The van der Waals surface area contributed by atoms with Crippen LogP contribution in [-0.2, 0) is 0 Å². The Morgan fingerprint density at radius 1 is 1.40 bits per heavy atom. The molecule has 1 saturated carbocycles. The molecule has 0 unspecified atom stereocenters. The highest BCUT2D eigenvalue weighted by molar-refractivity contribution is 5.41. The van der Waals surface area contributed by atoms with Gasteiger partial charge in [0.1, 0.15) is 11.6 Å². The van der Waals surface area contributed by atoms with Crippen molar-refractivity contribution in [1.82, 2.24) is 9.97 Å². The van der Waals surface area contributed by atoms with E-state index in [1.54, 1.807) is 12.4 Å². The van der Waals surface area contributed by atoms with Crippen LogP contribution in [0, 0.1) is 5.92 Å². The third-order valence-corrected chi connectivity index (χ3v) is 2.50. The lowest BCUT2D eigenvalue weighted by atomic mass is 10.2. The van der Waals surface area contributed by atoms with E-state index >= 15 is 0 Å². The minimum absolute atomic E-state index is 0.485. The maximum Gasteiger partial charge on any atom is 0.147 e. The molecule has 0 aromatic carbocycles. The summed E-state index contributed by atoms with van der Waals surface area (Å²) in [5.41, 5.74) is 5.53. The summed E-state index contributed by atoms with van der Waals surface area (Å²) in [6, 6.07) is 0.672. The topological polar surface area (TPSA) is 55.0 Å². The number of anilines is 2. The normalized spacial score (nSPS) is 15.7. The third kappa shape index (κ3) is 2.58. The summed E-state index contributed by atoms with van der Waals surface area (Å²) in [7, 11) is 0. The van der Waals surface area contributed by atoms with Gasteiger partial charge in [0.15, 0.2) is 0 Å². The van der Waals surface area contributed by atoms with Gasteiger partial charge in [0.2, 0.25) is 0 Å². The zero-order chi connectivity index (χ0) is 10.8. The van der Waals surface area contributed by atoms with Gasteiger partial charge in [-0.3, -0.25) is 0 Å². The highest BCUT2D eigenvalue weighted by atomic mass is 15.2. The molecule has 0 spiro atoms. The van der Waals surface area contributed by atoms with Crippen LogP contribution in [0.1, 0.15) is 26.7 Å². The molecule has 0 saturated heterocycles. The van der Waals surface area contributed by atoms with Crippen molar-refractivity contribution < 1.29 is 0 Å². The number of nitrogens with two attached hydrogens (primary N) is 1. The molecular weight excluding hydrogens is 188 g/mol. The summed E-state index contributed by atoms with van der Waals surface area (Å²) in [5.74, 6) is 2.09. The van der Waals surface area contributed by atoms with Crippen LogP contribution in [0.3, 0.4) is 0 Å². The third-order valence-electron chi connectivity index (χ3n) is 2.50. The first-order valence-corrected chi connectivity index (χ1v) is 5.51. The second-order valence-electron chi connectivity index (χ2n) is 4.58. The van der Waals surface area contributed by atoms with Gasteiger partial charge in [0.05, 0.1) is 12.4 Å². The second-order valence-corrected chi connectivity index (χ2v) is 4.58. The predicted octanol–water partition coefficient (Wildman–Crippen LogP) is 1.68. The Hall–Kier alpha value is -1.32. The number of rotatable bonds is 4. The Bertz CT molecular complexity index is 316. The summed E-state index contributed by atoms with van der Waals surface area (Å²) in [6.45, 7) is 5.49. The summed E-state index contributed by atoms with van der Waals surface area (Å²) in [4.78, 5) is 10.8. The molecule has 0 radical (unpaired) electrons. The lowest BCUT2D eigenvalue weighted by Gasteiger charge is -2.24. The first kappa shape index (κ1) is 10.2. The lowest BCUT2D eigenvalue weighted by Crippen LogP contribution is -2.30. The van der Waals surface area contributed by atoms with E-state index in [-0.39, 0.29) is 0 Å². The van der Waals surface area contributed by atoms with Crippen LogP contribution >= 0.6 is 0 Å². The SMILES string of the molecule is CC(C)CN(c1cnc(N)cn1)C1CC1. The first-order valence-electron chi connectivity index (χ1n) is 5.51. The molecule has 0 bridgehead atoms. The molecule has 1 aliphatic carbocycles. The minimum atomic E-state index is 0.485. The van der Waals surface area contributed by atoms with Crippen LogP contribution < -0.4 is 10.6 Å². The fourth-order valence-electron chi connectivity index (χ4n) is 1.69. The summed E-state index contributed by atoms with van der Waals surface area (Å²) in [5, 5.41) is 0. The fourth-order valence-corrected chi connectivity index (χ4v) is 1.69. The van der Waals surface area contributed by atoms with Crippen molar-refractivity contribution in [2.45, 2.75) is 32.7 Å². The molecule has 2 N–H and O–H groups in total. The standard InChI is InChI=1S/C11H18N4/c1-8(2)7-15(9-3-4-9)11-6-13-10(12)5-14-11/h5-6,8-9H,3-4,7H2,1-2H3,(H2,12,13). The molecule has 1 fully saturated rings. The van der Waals surface area contributed by atoms with E-state index < -0.39 is 0 Å². The number of hydrogen-bond donors (Lipinski definition) is 1. The van der Waals surface area contributed by atoms with Gasteiger partial charge in [-0.25, -0.2) is 9.97 Å². The Kier molecular flexibility index (Phi) is 2.75. The lowest BCUT2D eigenvalue weighted by molar-refractivity contribution is 0.602. The number of nitrogens with zero attached hydrogens (tertiary/aromatic N) is 3. The highest BCUT2D eigenvalue weighted by Gasteiger charge is 2.30. The van der Waals surface area contributed by atoms with E-state index in [1.807, 2.05) is 0 Å². The molecule has 4 heteroatoms. The van der Waals surface area contributed by atoms with E-state index in [0.717, 1.165) is 12.4 Å². The number of aromatic nitrogens is 2. The molecule has 0 amide bonds. The van der Waals surface area contributed by atoms with E-state index in [9.17, 15) is 0 Å². The van der Waals surface area contributed by atoms with E-state index in [0.29, 0.717) is 17.8 Å². The Morgan fingerprint density at radius 3 is 2.60 bits per heavy atom. The van der Waals surface area contributed by atoms with Gasteiger partial charge < -0.3 is 10.6 Å². The van der Waals surface area contributed by atoms with Gasteiger partial charge in [-0.15, -0.1) is 0 Å².